The monoisotopic (exact) mass is 267 g/mol. The first-order valence-electron chi connectivity index (χ1n) is 5.59. The fourth-order valence-electron chi connectivity index (χ4n) is 1.54. The van der Waals surface area contributed by atoms with Crippen molar-refractivity contribution in [2.75, 3.05) is 20.4 Å². The van der Waals surface area contributed by atoms with Crippen molar-refractivity contribution in [2.45, 2.75) is 39.2 Å². The molecule has 0 aliphatic carbocycles. The van der Waals surface area contributed by atoms with E-state index >= 15 is 0 Å². The van der Waals surface area contributed by atoms with Crippen LogP contribution in [-0.4, -0.2) is 42.6 Å². The van der Waals surface area contributed by atoms with Gasteiger partial charge in [-0.2, -0.15) is 0 Å². The highest BCUT2D eigenvalue weighted by Gasteiger charge is 2.26. The van der Waals surface area contributed by atoms with Crippen molar-refractivity contribution in [2.24, 2.45) is 0 Å². The molecule has 0 saturated heterocycles. The number of carbonyl (C=O) groups is 1. The first-order chi connectivity index (χ1) is 7.90. The Hall–Kier alpha value is -0.420. The maximum atomic E-state index is 11.8. The fourth-order valence-corrected chi connectivity index (χ4v) is 2.67. The lowest BCUT2D eigenvalue weighted by atomic mass is 10.1. The summed E-state index contributed by atoms with van der Waals surface area (Å²) in [4.78, 5) is 11.1. The molecule has 1 N–H and O–H groups in total. The van der Waals surface area contributed by atoms with E-state index in [4.69, 9.17) is 9.05 Å². The summed E-state index contributed by atoms with van der Waals surface area (Å²) in [5.41, 5.74) is 0. The molecule has 0 saturated carbocycles. The van der Waals surface area contributed by atoms with Gasteiger partial charge in [0, 0.05) is 21.1 Å². The van der Waals surface area contributed by atoms with Crippen molar-refractivity contribution < 1.29 is 23.6 Å². The third kappa shape index (κ3) is 5.64. The van der Waals surface area contributed by atoms with E-state index in [0.717, 1.165) is 6.42 Å². The first kappa shape index (κ1) is 16.6. The van der Waals surface area contributed by atoms with Gasteiger partial charge >= 0.3 is 7.60 Å². The molecule has 0 aromatic carbocycles. The second-order valence-electron chi connectivity index (χ2n) is 3.79. The smallest absolute Gasteiger partial charge is 0.312 e. The molecule has 0 fully saturated rings. The van der Waals surface area contributed by atoms with Crippen molar-refractivity contribution in [3.63, 3.8) is 0 Å². The lowest BCUT2D eigenvalue weighted by molar-refractivity contribution is -0.174. The van der Waals surface area contributed by atoms with E-state index in [1.807, 2.05) is 6.92 Å². The van der Waals surface area contributed by atoms with E-state index in [-0.39, 0.29) is 12.2 Å². The van der Waals surface area contributed by atoms with Gasteiger partial charge in [-0.3, -0.25) is 14.6 Å². The molecule has 17 heavy (non-hydrogen) atoms. The molecular weight excluding hydrogens is 245 g/mol. The highest BCUT2D eigenvalue weighted by molar-refractivity contribution is 7.53. The number of hydrogen-bond donors (Lipinski definition) is 1. The second-order valence-corrected chi connectivity index (χ2v) is 6.19. The summed E-state index contributed by atoms with van der Waals surface area (Å²) in [5.74, 6) is -0.423. The number of rotatable bonds is 8. The average molecular weight is 267 g/mol. The molecule has 1 unspecified atom stereocenters. The normalized spacial score (nSPS) is 13.5. The largest absolute Gasteiger partial charge is 0.330 e. The van der Waals surface area contributed by atoms with E-state index in [0.29, 0.717) is 17.9 Å². The molecule has 0 heterocycles. The van der Waals surface area contributed by atoms with Crippen LogP contribution in [0, 0.1) is 0 Å². The van der Waals surface area contributed by atoms with Crippen LogP contribution in [0.4, 0.5) is 0 Å². The number of hydrogen-bond acceptors (Lipinski definition) is 5. The van der Waals surface area contributed by atoms with Crippen LogP contribution in [-0.2, 0) is 18.4 Å². The molecule has 0 rings (SSSR count). The van der Waals surface area contributed by atoms with Crippen molar-refractivity contribution in [3.8, 4) is 0 Å². The van der Waals surface area contributed by atoms with Gasteiger partial charge in [0.25, 0.3) is 0 Å². The van der Waals surface area contributed by atoms with E-state index in [1.165, 1.54) is 21.1 Å². The maximum absolute atomic E-state index is 11.8. The predicted molar refractivity (Wildman–Crippen MR) is 64.1 cm³/mol. The number of nitrogens with zero attached hydrogens (tertiary/aromatic N) is 1. The molecule has 0 aliphatic rings. The minimum atomic E-state index is -3.08. The minimum absolute atomic E-state index is 0.176. The molecule has 0 aromatic rings. The number of carbonyl (C=O) groups excluding carboxylic acids is 1. The van der Waals surface area contributed by atoms with E-state index in [1.54, 1.807) is 0 Å². The van der Waals surface area contributed by atoms with Crippen LogP contribution in [0.15, 0.2) is 0 Å². The van der Waals surface area contributed by atoms with Gasteiger partial charge in [0.1, 0.15) is 0 Å². The Morgan fingerprint density at radius 1 is 1.35 bits per heavy atom. The van der Waals surface area contributed by atoms with Crippen LogP contribution in [0.5, 0.6) is 0 Å². The zero-order valence-corrected chi connectivity index (χ0v) is 11.8. The van der Waals surface area contributed by atoms with Crippen LogP contribution in [0.25, 0.3) is 0 Å². The molecule has 0 aliphatic heterocycles. The van der Waals surface area contributed by atoms with Crippen LogP contribution < -0.4 is 0 Å². The van der Waals surface area contributed by atoms with E-state index in [2.05, 4.69) is 0 Å². The van der Waals surface area contributed by atoms with Crippen LogP contribution in [0.1, 0.15) is 33.1 Å². The maximum Gasteiger partial charge on any atom is 0.330 e. The lowest BCUT2D eigenvalue weighted by Gasteiger charge is -2.25. The standard InChI is InChI=1S/C10H22NO5P/c1-5-6-10(11(13)9(2)12)7-8-17(14,15-3)16-4/h10,13H,5-8H2,1-4H3. The molecular formula is C10H22NO5P. The Bertz CT molecular complexity index is 276. The van der Waals surface area contributed by atoms with Gasteiger partial charge in [-0.15, -0.1) is 0 Å². The number of hydroxylamine groups is 2. The molecule has 0 radical (unpaired) electrons. The quantitative estimate of drug-likeness (QED) is 0.415. The summed E-state index contributed by atoms with van der Waals surface area (Å²) < 4.78 is 21.4. The Labute approximate surface area is 102 Å². The van der Waals surface area contributed by atoms with Crippen LogP contribution >= 0.6 is 7.60 Å². The summed E-state index contributed by atoms with van der Waals surface area (Å²) in [6.07, 6.45) is 2.01. The highest BCUT2D eigenvalue weighted by Crippen LogP contribution is 2.47. The van der Waals surface area contributed by atoms with Crippen LogP contribution in [0.2, 0.25) is 0 Å². The third-order valence-electron chi connectivity index (χ3n) is 2.58. The van der Waals surface area contributed by atoms with Gasteiger partial charge < -0.3 is 9.05 Å². The second kappa shape index (κ2) is 7.82. The predicted octanol–water partition coefficient (Wildman–Crippen LogP) is 2.27. The van der Waals surface area contributed by atoms with Crippen molar-refractivity contribution in [1.29, 1.82) is 0 Å². The van der Waals surface area contributed by atoms with Crippen molar-refractivity contribution >= 4 is 13.5 Å². The molecule has 0 aromatic heterocycles. The average Bonchev–Trinajstić information content (AvgIpc) is 2.33. The van der Waals surface area contributed by atoms with Gasteiger partial charge in [-0.05, 0) is 12.8 Å². The van der Waals surface area contributed by atoms with Crippen molar-refractivity contribution in [1.82, 2.24) is 5.06 Å². The Morgan fingerprint density at radius 3 is 2.24 bits per heavy atom. The van der Waals surface area contributed by atoms with Gasteiger partial charge in [0.05, 0.1) is 12.2 Å². The molecule has 0 bridgehead atoms. The van der Waals surface area contributed by atoms with E-state index in [9.17, 15) is 14.6 Å². The lowest BCUT2D eigenvalue weighted by Crippen LogP contribution is -2.36. The summed E-state index contributed by atoms with van der Waals surface area (Å²) in [5, 5.41) is 10.3. The first-order valence-corrected chi connectivity index (χ1v) is 7.32. The summed E-state index contributed by atoms with van der Waals surface area (Å²) >= 11 is 0. The molecule has 6 nitrogen and oxygen atoms in total. The summed E-state index contributed by atoms with van der Waals surface area (Å²) in [7, 11) is -0.437. The molecule has 7 heteroatoms. The van der Waals surface area contributed by atoms with Gasteiger partial charge in [-0.1, -0.05) is 13.3 Å². The molecule has 102 valence electrons. The molecule has 1 amide bonds. The van der Waals surface area contributed by atoms with E-state index < -0.39 is 13.5 Å². The Balaban J connectivity index is 4.46. The zero-order chi connectivity index (χ0) is 13.5. The fraction of sp³-hybridized carbons (Fsp3) is 0.900. The Kier molecular flexibility index (Phi) is 7.63. The topological polar surface area (TPSA) is 76.1 Å². The Morgan fingerprint density at radius 2 is 1.88 bits per heavy atom. The van der Waals surface area contributed by atoms with Crippen LogP contribution in [0.3, 0.4) is 0 Å². The third-order valence-corrected chi connectivity index (χ3v) is 4.50. The number of amides is 1. The van der Waals surface area contributed by atoms with Gasteiger partial charge in [-0.25, -0.2) is 5.06 Å². The van der Waals surface area contributed by atoms with Gasteiger partial charge in [0.2, 0.25) is 5.91 Å². The minimum Gasteiger partial charge on any atom is -0.312 e. The zero-order valence-electron chi connectivity index (χ0n) is 10.9. The van der Waals surface area contributed by atoms with Gasteiger partial charge in [0.15, 0.2) is 0 Å². The molecule has 1 atom stereocenters. The highest BCUT2D eigenvalue weighted by atomic mass is 31.2. The molecule has 0 spiro atoms. The summed E-state index contributed by atoms with van der Waals surface area (Å²) in [6.45, 7) is 3.24. The van der Waals surface area contributed by atoms with Crippen molar-refractivity contribution in [3.05, 3.63) is 0 Å². The SMILES string of the molecule is CCCC(CCP(=O)(OC)OC)N(O)C(C)=O. The summed E-state index contributed by atoms with van der Waals surface area (Å²) in [6, 6.07) is -0.351.